The quantitative estimate of drug-likeness (QED) is 0.419. The number of nitrogens with zero attached hydrogens (tertiary/aromatic N) is 1. The van der Waals surface area contributed by atoms with Gasteiger partial charge in [-0.2, -0.15) is 0 Å². The van der Waals surface area contributed by atoms with Crippen molar-refractivity contribution in [1.82, 2.24) is 15.2 Å². The number of benzene rings is 2. The number of aromatic nitrogens is 3. The fourth-order valence-corrected chi connectivity index (χ4v) is 3.00. The Balaban J connectivity index is 1.83. The number of hydrogen-bond acceptors (Lipinski definition) is 5. The van der Waals surface area contributed by atoms with Crippen LogP contribution in [0.5, 0.6) is 5.88 Å². The van der Waals surface area contributed by atoms with Crippen molar-refractivity contribution < 1.29 is 9.53 Å². The first-order valence-electron chi connectivity index (χ1n) is 8.01. The summed E-state index contributed by atoms with van der Waals surface area (Å²) < 4.78 is 5.27. The minimum Gasteiger partial charge on any atom is -0.405 e. The summed E-state index contributed by atoms with van der Waals surface area (Å²) in [5, 5.41) is 6.61. The number of pyridine rings is 1. The fourth-order valence-electron chi connectivity index (χ4n) is 2.83. The van der Waals surface area contributed by atoms with Crippen molar-refractivity contribution in [2.45, 2.75) is 6.42 Å². The van der Waals surface area contributed by atoms with Gasteiger partial charge in [0.1, 0.15) is 10.9 Å². The van der Waals surface area contributed by atoms with Crippen LogP contribution >= 0.6 is 11.6 Å². The smallest absolute Gasteiger partial charge is 0.317 e. The molecule has 2 aromatic carbocycles. The molecule has 8 heteroatoms. The van der Waals surface area contributed by atoms with Crippen LogP contribution in [0, 0.1) is 0 Å². The van der Waals surface area contributed by atoms with Gasteiger partial charge in [-0.15, -0.1) is 5.10 Å². The van der Waals surface area contributed by atoms with E-state index >= 15 is 0 Å². The van der Waals surface area contributed by atoms with E-state index in [9.17, 15) is 14.4 Å². The number of ether oxygens (including phenoxy) is 1. The predicted molar refractivity (Wildman–Crippen MR) is 101 cm³/mol. The molecule has 0 amide bonds. The molecule has 0 saturated carbocycles. The Morgan fingerprint density at radius 1 is 1.11 bits per heavy atom. The Bertz CT molecular complexity index is 1300. The van der Waals surface area contributed by atoms with Crippen LogP contribution in [-0.2, 0) is 11.2 Å². The molecule has 0 bridgehead atoms. The van der Waals surface area contributed by atoms with Crippen molar-refractivity contribution in [2.75, 3.05) is 0 Å². The van der Waals surface area contributed by atoms with Gasteiger partial charge < -0.3 is 9.72 Å². The highest BCUT2D eigenvalue weighted by Crippen LogP contribution is 2.21. The van der Waals surface area contributed by atoms with Crippen LogP contribution in [0.2, 0.25) is 5.02 Å². The molecule has 2 aromatic heterocycles. The van der Waals surface area contributed by atoms with Crippen molar-refractivity contribution in [1.29, 1.82) is 0 Å². The lowest BCUT2D eigenvalue weighted by Crippen LogP contribution is -2.20. The first-order chi connectivity index (χ1) is 13.0. The number of H-pyrrole nitrogens is 2. The first-order valence-corrected chi connectivity index (χ1v) is 8.39. The van der Waals surface area contributed by atoms with E-state index in [0.717, 1.165) is 5.56 Å². The molecule has 0 aliphatic heterocycles. The van der Waals surface area contributed by atoms with E-state index in [2.05, 4.69) is 15.2 Å². The van der Waals surface area contributed by atoms with Gasteiger partial charge in [0.05, 0.1) is 11.9 Å². The van der Waals surface area contributed by atoms with Gasteiger partial charge in [0, 0.05) is 10.4 Å². The van der Waals surface area contributed by atoms with E-state index in [1.807, 2.05) is 6.07 Å². The number of carbonyl (C=O) groups excluding carboxylic acids is 1. The van der Waals surface area contributed by atoms with E-state index in [0.29, 0.717) is 15.9 Å². The third-order valence-corrected chi connectivity index (χ3v) is 4.30. The number of rotatable bonds is 3. The number of nitrogens with one attached hydrogen (secondary N) is 2. The molecular formula is C19H12ClN3O4. The van der Waals surface area contributed by atoms with Gasteiger partial charge >= 0.3 is 5.97 Å². The Morgan fingerprint density at radius 2 is 1.89 bits per heavy atom. The SMILES string of the molecule is O=C(Cc1ccccc1)Oc1n[nH]c(=O)c2[nH]c3cc(Cl)ccc3c(=O)c12. The number of esters is 1. The summed E-state index contributed by atoms with van der Waals surface area (Å²) >= 11 is 5.95. The van der Waals surface area contributed by atoms with Crippen LogP contribution in [0.3, 0.4) is 0 Å². The van der Waals surface area contributed by atoms with Gasteiger partial charge in [0.15, 0.2) is 0 Å². The van der Waals surface area contributed by atoms with Gasteiger partial charge in [0.2, 0.25) is 5.43 Å². The van der Waals surface area contributed by atoms with E-state index < -0.39 is 17.0 Å². The average molecular weight is 382 g/mol. The lowest BCUT2D eigenvalue weighted by Gasteiger charge is -2.07. The molecule has 134 valence electrons. The number of halogens is 1. The maximum atomic E-state index is 12.9. The highest BCUT2D eigenvalue weighted by molar-refractivity contribution is 6.31. The van der Waals surface area contributed by atoms with E-state index in [1.165, 1.54) is 6.07 Å². The normalized spacial score (nSPS) is 11.0. The van der Waals surface area contributed by atoms with Crippen LogP contribution in [-0.4, -0.2) is 21.2 Å². The third kappa shape index (κ3) is 3.20. The van der Waals surface area contributed by atoms with Crippen LogP contribution in [0.15, 0.2) is 58.1 Å². The van der Waals surface area contributed by atoms with Crippen molar-refractivity contribution >= 4 is 39.4 Å². The zero-order valence-corrected chi connectivity index (χ0v) is 14.5. The van der Waals surface area contributed by atoms with Crippen molar-refractivity contribution in [3.05, 3.63) is 79.7 Å². The molecule has 0 spiro atoms. The largest absolute Gasteiger partial charge is 0.405 e. The second-order valence-electron chi connectivity index (χ2n) is 5.89. The fraction of sp³-hybridized carbons (Fsp3) is 0.0526. The van der Waals surface area contributed by atoms with E-state index in [1.54, 1.807) is 36.4 Å². The third-order valence-electron chi connectivity index (χ3n) is 4.06. The lowest BCUT2D eigenvalue weighted by molar-refractivity contribution is -0.133. The molecular weight excluding hydrogens is 370 g/mol. The van der Waals surface area contributed by atoms with Gasteiger partial charge in [-0.25, -0.2) is 5.10 Å². The Kier molecular flexibility index (Phi) is 4.21. The van der Waals surface area contributed by atoms with Crippen LogP contribution in [0.4, 0.5) is 0 Å². The van der Waals surface area contributed by atoms with Crippen molar-refractivity contribution in [3.63, 3.8) is 0 Å². The molecule has 27 heavy (non-hydrogen) atoms. The molecule has 2 N–H and O–H groups in total. The maximum absolute atomic E-state index is 12.9. The summed E-state index contributed by atoms with van der Waals surface area (Å²) in [5.74, 6) is -0.846. The minimum absolute atomic E-state index is 0.00420. The molecule has 0 aliphatic rings. The molecule has 0 aliphatic carbocycles. The molecule has 4 aromatic rings. The van der Waals surface area contributed by atoms with Gasteiger partial charge in [-0.05, 0) is 23.8 Å². The highest BCUT2D eigenvalue weighted by atomic mass is 35.5. The molecule has 0 radical (unpaired) electrons. The summed E-state index contributed by atoms with van der Waals surface area (Å²) in [6.45, 7) is 0. The minimum atomic E-state index is -0.605. The first kappa shape index (κ1) is 17.0. The molecule has 4 rings (SSSR count). The predicted octanol–water partition coefficient (Wildman–Crippen LogP) is 2.57. The van der Waals surface area contributed by atoms with Crippen molar-refractivity contribution in [3.8, 4) is 5.88 Å². The monoisotopic (exact) mass is 381 g/mol. The number of hydrogen-bond donors (Lipinski definition) is 2. The summed E-state index contributed by atoms with van der Waals surface area (Å²) in [4.78, 5) is 40.1. The Hall–Kier alpha value is -3.45. The number of aromatic amines is 2. The second-order valence-corrected chi connectivity index (χ2v) is 6.32. The molecule has 0 fully saturated rings. The summed E-state index contributed by atoms with van der Waals surface area (Å²) in [7, 11) is 0. The maximum Gasteiger partial charge on any atom is 0.317 e. The summed E-state index contributed by atoms with van der Waals surface area (Å²) in [6.07, 6.45) is 0.00420. The Morgan fingerprint density at radius 3 is 2.67 bits per heavy atom. The van der Waals surface area contributed by atoms with Crippen LogP contribution in [0.1, 0.15) is 5.56 Å². The summed E-state index contributed by atoms with van der Waals surface area (Å²) in [5.41, 5.74) is 0.0409. The van der Waals surface area contributed by atoms with Gasteiger partial charge in [0.25, 0.3) is 11.4 Å². The van der Waals surface area contributed by atoms with Gasteiger partial charge in [-0.3, -0.25) is 14.4 Å². The van der Waals surface area contributed by atoms with Crippen molar-refractivity contribution in [2.24, 2.45) is 0 Å². The lowest BCUT2D eigenvalue weighted by atomic mass is 10.1. The van der Waals surface area contributed by atoms with Crippen LogP contribution < -0.4 is 15.7 Å². The number of carbonyl (C=O) groups is 1. The van der Waals surface area contributed by atoms with E-state index in [4.69, 9.17) is 16.3 Å². The number of fused-ring (bicyclic) bond motifs is 2. The van der Waals surface area contributed by atoms with Crippen LogP contribution in [0.25, 0.3) is 21.8 Å². The average Bonchev–Trinajstić information content (AvgIpc) is 2.65. The highest BCUT2D eigenvalue weighted by Gasteiger charge is 2.18. The van der Waals surface area contributed by atoms with Gasteiger partial charge in [-0.1, -0.05) is 41.9 Å². The summed E-state index contributed by atoms with van der Waals surface area (Å²) in [6, 6.07) is 13.6. The second kappa shape index (κ2) is 6.69. The van der Waals surface area contributed by atoms with E-state index in [-0.39, 0.29) is 23.2 Å². The topological polar surface area (TPSA) is 105 Å². The molecule has 7 nitrogen and oxygen atoms in total. The standard InChI is InChI=1S/C19H12ClN3O4/c20-11-6-7-12-13(9-11)21-16-15(17(12)25)19(23-22-18(16)26)27-14(24)8-10-4-2-1-3-5-10/h1-7,9H,8H2,(H,21,25)(H,22,26). The molecule has 0 saturated heterocycles. The molecule has 0 atom stereocenters. The molecule has 0 unspecified atom stereocenters. The molecule has 2 heterocycles. The zero-order chi connectivity index (χ0) is 19.0. The zero-order valence-electron chi connectivity index (χ0n) is 13.8. The Labute approximate surface area is 156 Å².